The quantitative estimate of drug-likeness (QED) is 0.888. The van der Waals surface area contributed by atoms with Gasteiger partial charge in [0.15, 0.2) is 0 Å². The highest BCUT2D eigenvalue weighted by molar-refractivity contribution is 6.07. The smallest absolute Gasteiger partial charge is 0.252 e. The Hall–Kier alpha value is -1.94. The van der Waals surface area contributed by atoms with Gasteiger partial charge in [0.25, 0.3) is 5.91 Å². The van der Waals surface area contributed by atoms with Gasteiger partial charge in [0, 0.05) is 23.5 Å². The number of amides is 1. The predicted molar refractivity (Wildman–Crippen MR) is 83.7 cm³/mol. The minimum atomic E-state index is -0.320. The highest BCUT2D eigenvalue weighted by Gasteiger charge is 2.16. The number of nitrogens with two attached hydrogens (primary N) is 1. The Kier molecular flexibility index (Phi) is 4.91. The van der Waals surface area contributed by atoms with Crippen LogP contribution in [0.4, 0.5) is 4.39 Å². The van der Waals surface area contributed by atoms with E-state index in [9.17, 15) is 9.18 Å². The number of carbonyl (C=O) groups is 1. The fraction of sp³-hybridized carbons (Fsp3) is 0.353. The van der Waals surface area contributed by atoms with Gasteiger partial charge in [-0.3, -0.25) is 4.79 Å². The zero-order valence-corrected chi connectivity index (χ0v) is 12.4. The van der Waals surface area contributed by atoms with Gasteiger partial charge in [0.2, 0.25) is 0 Å². The van der Waals surface area contributed by atoms with Gasteiger partial charge in [-0.2, -0.15) is 0 Å². The highest BCUT2D eigenvalue weighted by Crippen LogP contribution is 2.22. The standard InChI is InChI=1S/C17H21FN2O/c1-11(2)9-12(10-19)20-17(21)15-7-8-16(18)14-6-4-3-5-13(14)15/h3-8,11-12H,9-10,19H2,1-2H3,(H,20,21). The van der Waals surface area contributed by atoms with Crippen molar-refractivity contribution in [3.8, 4) is 0 Å². The summed E-state index contributed by atoms with van der Waals surface area (Å²) in [7, 11) is 0. The number of hydrogen-bond donors (Lipinski definition) is 2. The molecule has 1 unspecified atom stereocenters. The molecule has 3 nitrogen and oxygen atoms in total. The summed E-state index contributed by atoms with van der Waals surface area (Å²) in [6.07, 6.45) is 0.821. The molecule has 4 heteroatoms. The molecule has 0 aliphatic heterocycles. The summed E-state index contributed by atoms with van der Waals surface area (Å²) in [5.74, 6) is -0.0779. The third-order valence-electron chi connectivity index (χ3n) is 3.49. The molecule has 0 fully saturated rings. The zero-order chi connectivity index (χ0) is 15.4. The van der Waals surface area contributed by atoms with Crippen LogP contribution in [0.25, 0.3) is 10.8 Å². The van der Waals surface area contributed by atoms with Crippen LogP contribution in [-0.2, 0) is 0 Å². The molecule has 1 amide bonds. The van der Waals surface area contributed by atoms with E-state index in [-0.39, 0.29) is 17.8 Å². The summed E-state index contributed by atoms with van der Waals surface area (Å²) in [6, 6.07) is 9.78. The van der Waals surface area contributed by atoms with Crippen LogP contribution in [0.15, 0.2) is 36.4 Å². The SMILES string of the molecule is CC(C)CC(CN)NC(=O)c1ccc(F)c2ccccc12. The fourth-order valence-corrected chi connectivity index (χ4v) is 2.51. The van der Waals surface area contributed by atoms with Crippen molar-refractivity contribution in [2.45, 2.75) is 26.3 Å². The Morgan fingerprint density at radius 2 is 1.86 bits per heavy atom. The minimum Gasteiger partial charge on any atom is -0.348 e. The largest absolute Gasteiger partial charge is 0.348 e. The van der Waals surface area contributed by atoms with E-state index in [1.54, 1.807) is 24.3 Å². The first-order valence-corrected chi connectivity index (χ1v) is 7.21. The number of benzene rings is 2. The molecule has 2 aromatic carbocycles. The van der Waals surface area contributed by atoms with Crippen LogP contribution >= 0.6 is 0 Å². The van der Waals surface area contributed by atoms with E-state index < -0.39 is 0 Å². The summed E-state index contributed by atoms with van der Waals surface area (Å²) < 4.78 is 13.8. The molecule has 0 heterocycles. The molecule has 0 aliphatic carbocycles. The molecule has 0 bridgehead atoms. The molecule has 21 heavy (non-hydrogen) atoms. The lowest BCUT2D eigenvalue weighted by Crippen LogP contribution is -2.41. The van der Waals surface area contributed by atoms with Crippen molar-refractivity contribution in [2.75, 3.05) is 6.54 Å². The lowest BCUT2D eigenvalue weighted by molar-refractivity contribution is 0.0935. The van der Waals surface area contributed by atoms with E-state index in [4.69, 9.17) is 5.73 Å². The molecular formula is C17H21FN2O. The first-order chi connectivity index (χ1) is 10.0. The lowest BCUT2D eigenvalue weighted by Gasteiger charge is -2.19. The molecular weight excluding hydrogens is 267 g/mol. The maximum Gasteiger partial charge on any atom is 0.252 e. The van der Waals surface area contributed by atoms with E-state index in [2.05, 4.69) is 19.2 Å². The Bertz CT molecular complexity index is 640. The van der Waals surface area contributed by atoms with Gasteiger partial charge in [-0.1, -0.05) is 38.1 Å². The second-order valence-corrected chi connectivity index (χ2v) is 5.68. The van der Waals surface area contributed by atoms with Crippen LogP contribution in [0.5, 0.6) is 0 Å². The Labute approximate surface area is 124 Å². The summed E-state index contributed by atoms with van der Waals surface area (Å²) >= 11 is 0. The highest BCUT2D eigenvalue weighted by atomic mass is 19.1. The molecule has 0 aromatic heterocycles. The second-order valence-electron chi connectivity index (χ2n) is 5.68. The first kappa shape index (κ1) is 15.4. The summed E-state index contributed by atoms with van der Waals surface area (Å²) in [4.78, 5) is 12.4. The topological polar surface area (TPSA) is 55.1 Å². The predicted octanol–water partition coefficient (Wildman–Crippen LogP) is 3.08. The van der Waals surface area contributed by atoms with Gasteiger partial charge in [0.1, 0.15) is 5.82 Å². The van der Waals surface area contributed by atoms with Crippen molar-refractivity contribution in [2.24, 2.45) is 11.7 Å². The van der Waals surface area contributed by atoms with E-state index in [0.717, 1.165) is 6.42 Å². The molecule has 0 aliphatic rings. The maximum atomic E-state index is 13.8. The zero-order valence-electron chi connectivity index (χ0n) is 12.4. The van der Waals surface area contributed by atoms with Gasteiger partial charge in [-0.15, -0.1) is 0 Å². The second kappa shape index (κ2) is 6.68. The average molecular weight is 288 g/mol. The Balaban J connectivity index is 2.29. The minimum absolute atomic E-state index is 0.0682. The van der Waals surface area contributed by atoms with Crippen LogP contribution in [0.3, 0.4) is 0 Å². The molecule has 1 atom stereocenters. The molecule has 0 saturated heterocycles. The summed E-state index contributed by atoms with van der Waals surface area (Å²) in [5.41, 5.74) is 6.19. The van der Waals surface area contributed by atoms with Crippen LogP contribution in [0.1, 0.15) is 30.6 Å². The molecule has 112 valence electrons. The number of nitrogens with one attached hydrogen (secondary N) is 1. The maximum absolute atomic E-state index is 13.8. The van der Waals surface area contributed by atoms with E-state index in [0.29, 0.717) is 28.8 Å². The first-order valence-electron chi connectivity index (χ1n) is 7.21. The molecule has 0 spiro atoms. The van der Waals surface area contributed by atoms with Gasteiger partial charge >= 0.3 is 0 Å². The van der Waals surface area contributed by atoms with Crippen LogP contribution in [0.2, 0.25) is 0 Å². The monoisotopic (exact) mass is 288 g/mol. The van der Waals surface area contributed by atoms with Crippen molar-refractivity contribution in [3.05, 3.63) is 47.8 Å². The number of halogens is 1. The Morgan fingerprint density at radius 1 is 1.19 bits per heavy atom. The van der Waals surface area contributed by atoms with Crippen molar-refractivity contribution in [1.82, 2.24) is 5.32 Å². The van der Waals surface area contributed by atoms with Gasteiger partial charge in [0.05, 0.1) is 0 Å². The van der Waals surface area contributed by atoms with Gasteiger partial charge in [-0.25, -0.2) is 4.39 Å². The molecule has 2 aromatic rings. The fourth-order valence-electron chi connectivity index (χ4n) is 2.51. The van der Waals surface area contributed by atoms with E-state index in [1.165, 1.54) is 12.1 Å². The van der Waals surface area contributed by atoms with Crippen LogP contribution < -0.4 is 11.1 Å². The third-order valence-corrected chi connectivity index (χ3v) is 3.49. The molecule has 3 N–H and O–H groups in total. The molecule has 2 rings (SSSR count). The average Bonchev–Trinajstić information content (AvgIpc) is 2.46. The Morgan fingerprint density at radius 3 is 2.48 bits per heavy atom. The van der Waals surface area contributed by atoms with Crippen LogP contribution in [0, 0.1) is 11.7 Å². The number of hydrogen-bond acceptors (Lipinski definition) is 2. The van der Waals surface area contributed by atoms with Gasteiger partial charge < -0.3 is 11.1 Å². The normalized spacial score (nSPS) is 12.6. The van der Waals surface area contributed by atoms with Crippen LogP contribution in [-0.4, -0.2) is 18.5 Å². The van der Waals surface area contributed by atoms with Crippen molar-refractivity contribution >= 4 is 16.7 Å². The van der Waals surface area contributed by atoms with Crippen molar-refractivity contribution in [3.63, 3.8) is 0 Å². The summed E-state index contributed by atoms with van der Waals surface area (Å²) in [6.45, 7) is 4.56. The van der Waals surface area contributed by atoms with E-state index >= 15 is 0 Å². The molecule has 0 radical (unpaired) electrons. The lowest BCUT2D eigenvalue weighted by atomic mass is 10.0. The third kappa shape index (κ3) is 3.58. The van der Waals surface area contributed by atoms with Crippen molar-refractivity contribution < 1.29 is 9.18 Å². The number of rotatable bonds is 5. The van der Waals surface area contributed by atoms with Crippen molar-refractivity contribution in [1.29, 1.82) is 0 Å². The number of carbonyl (C=O) groups excluding carboxylic acids is 1. The summed E-state index contributed by atoms with van der Waals surface area (Å²) in [5, 5.41) is 4.02. The molecule has 0 saturated carbocycles. The number of fused-ring (bicyclic) bond motifs is 1. The van der Waals surface area contributed by atoms with E-state index in [1.807, 2.05) is 0 Å². The van der Waals surface area contributed by atoms with Gasteiger partial charge in [-0.05, 0) is 29.9 Å².